The largest absolute Gasteiger partial charge is 0.573 e. The molecular weight excluding hydrogens is 405 g/mol. The van der Waals surface area contributed by atoms with E-state index in [1.807, 2.05) is 12.1 Å². The second-order valence-corrected chi connectivity index (χ2v) is 7.29. The van der Waals surface area contributed by atoms with Crippen molar-refractivity contribution in [1.82, 2.24) is 9.88 Å². The lowest BCUT2D eigenvalue weighted by atomic mass is 9.98. The fraction of sp³-hybridized carbons (Fsp3) is 0.238. The number of hydrogen-bond donors (Lipinski definition) is 2. The Morgan fingerprint density at radius 2 is 1.93 bits per heavy atom. The third kappa shape index (κ3) is 4.36. The Hall–Kier alpha value is -2.64. The van der Waals surface area contributed by atoms with E-state index in [4.69, 9.17) is 11.6 Å². The molecule has 0 unspecified atom stereocenters. The lowest BCUT2D eigenvalue weighted by molar-refractivity contribution is -0.274. The molecule has 152 valence electrons. The monoisotopic (exact) mass is 422 g/mol. The Balaban J connectivity index is 1.62. The number of fused-ring (bicyclic) bond motifs is 1. The van der Waals surface area contributed by atoms with Crippen LogP contribution in [0.15, 0.2) is 48.7 Å². The molecule has 0 spiro atoms. The molecule has 0 atom stereocenters. The van der Waals surface area contributed by atoms with Crippen LogP contribution in [0.3, 0.4) is 0 Å². The van der Waals surface area contributed by atoms with Crippen LogP contribution >= 0.6 is 11.6 Å². The van der Waals surface area contributed by atoms with E-state index in [1.54, 1.807) is 10.8 Å². The van der Waals surface area contributed by atoms with Gasteiger partial charge in [0.2, 0.25) is 5.88 Å². The Morgan fingerprint density at radius 1 is 1.17 bits per heavy atom. The van der Waals surface area contributed by atoms with Crippen LogP contribution in [0.4, 0.5) is 13.2 Å². The number of aromatic nitrogens is 1. The first-order chi connectivity index (χ1) is 13.8. The average molecular weight is 423 g/mol. The van der Waals surface area contributed by atoms with Crippen molar-refractivity contribution in [3.05, 3.63) is 64.8 Å². The van der Waals surface area contributed by atoms with Crippen LogP contribution in [-0.4, -0.2) is 29.1 Å². The fourth-order valence-corrected chi connectivity index (χ4v) is 3.83. The van der Waals surface area contributed by atoms with Gasteiger partial charge in [-0.15, -0.1) is 13.2 Å². The Morgan fingerprint density at radius 3 is 2.59 bits per heavy atom. The summed E-state index contributed by atoms with van der Waals surface area (Å²) in [6.07, 6.45) is 0.0985. The Kier molecular flexibility index (Phi) is 5.19. The van der Waals surface area contributed by atoms with Crippen LogP contribution in [0, 0.1) is 0 Å². The summed E-state index contributed by atoms with van der Waals surface area (Å²) in [6.45, 7) is 2.00. The van der Waals surface area contributed by atoms with E-state index in [0.29, 0.717) is 16.0 Å². The van der Waals surface area contributed by atoms with Gasteiger partial charge in [0.1, 0.15) is 5.75 Å². The van der Waals surface area contributed by atoms with E-state index >= 15 is 0 Å². The van der Waals surface area contributed by atoms with Gasteiger partial charge >= 0.3 is 6.36 Å². The van der Waals surface area contributed by atoms with Crippen molar-refractivity contribution >= 4 is 27.9 Å². The summed E-state index contributed by atoms with van der Waals surface area (Å²) in [5, 5.41) is 15.7. The highest BCUT2D eigenvalue weighted by molar-refractivity contribution is 6.36. The highest BCUT2D eigenvalue weighted by Crippen LogP contribution is 2.37. The molecule has 0 aliphatic carbocycles. The number of alkyl halides is 3. The first kappa shape index (κ1) is 19.7. The molecule has 8 heteroatoms. The summed E-state index contributed by atoms with van der Waals surface area (Å²) >= 11 is 6.45. The van der Waals surface area contributed by atoms with Crippen molar-refractivity contribution in [2.24, 2.45) is 0 Å². The van der Waals surface area contributed by atoms with E-state index < -0.39 is 6.36 Å². The van der Waals surface area contributed by atoms with Gasteiger partial charge in [-0.25, -0.2) is 0 Å². The molecule has 0 saturated carbocycles. The molecule has 1 aliphatic heterocycles. The topological polar surface area (TPSA) is 46.4 Å². The van der Waals surface area contributed by atoms with Crippen molar-refractivity contribution in [2.45, 2.75) is 19.3 Å². The second-order valence-electron chi connectivity index (χ2n) is 6.88. The summed E-state index contributed by atoms with van der Waals surface area (Å²) < 4.78 is 42.4. The first-order valence-electron chi connectivity index (χ1n) is 9.06. The minimum Gasteiger partial charge on any atom is -0.494 e. The molecule has 0 bridgehead atoms. The molecule has 0 saturated heterocycles. The highest BCUT2D eigenvalue weighted by Gasteiger charge is 2.31. The van der Waals surface area contributed by atoms with Crippen molar-refractivity contribution in [2.75, 3.05) is 13.1 Å². The number of nitrogens with one attached hydrogen (secondary N) is 1. The average Bonchev–Trinajstić information content (AvgIpc) is 2.99. The maximum atomic E-state index is 12.3. The Bertz CT molecular complexity index is 1070. The van der Waals surface area contributed by atoms with Gasteiger partial charge in [0, 0.05) is 18.1 Å². The van der Waals surface area contributed by atoms with Crippen molar-refractivity contribution in [3.63, 3.8) is 0 Å². The number of rotatable bonds is 4. The number of aromatic hydroxyl groups is 1. The van der Waals surface area contributed by atoms with Gasteiger partial charge in [-0.05, 0) is 53.9 Å². The zero-order valence-corrected chi connectivity index (χ0v) is 16.0. The molecule has 0 radical (unpaired) electrons. The van der Waals surface area contributed by atoms with Gasteiger partial charge in [0.15, 0.2) is 0 Å². The highest BCUT2D eigenvalue weighted by atomic mass is 35.5. The van der Waals surface area contributed by atoms with Crippen LogP contribution < -0.4 is 10.1 Å². The fourth-order valence-electron chi connectivity index (χ4n) is 3.52. The molecule has 2 heterocycles. The summed E-state index contributed by atoms with van der Waals surface area (Å²) in [4.78, 5) is 0. The summed E-state index contributed by atoms with van der Waals surface area (Å²) in [6, 6.07) is 9.40. The van der Waals surface area contributed by atoms with E-state index in [1.165, 1.54) is 29.8 Å². The predicted molar refractivity (Wildman–Crippen MR) is 106 cm³/mol. The molecule has 1 aliphatic rings. The van der Waals surface area contributed by atoms with Crippen LogP contribution in [0.25, 0.3) is 16.3 Å². The third-order valence-corrected chi connectivity index (χ3v) is 5.15. The van der Waals surface area contributed by atoms with Gasteiger partial charge in [-0.2, -0.15) is 0 Å². The van der Waals surface area contributed by atoms with Gasteiger partial charge in [0.25, 0.3) is 0 Å². The number of hydrogen-bond acceptors (Lipinski definition) is 3. The van der Waals surface area contributed by atoms with Gasteiger partial charge in [-0.1, -0.05) is 29.8 Å². The van der Waals surface area contributed by atoms with Crippen LogP contribution in [-0.2, 0) is 6.54 Å². The standard InChI is InChI=1S/C21H18ClF3N2O2/c22-18-10-15(14-5-7-26-8-6-14)9-16-12-27(20(28)19(16)18)11-13-1-3-17(4-2-13)29-21(23,24)25/h1-5,9-10,12,26,28H,6-8,11H2. The van der Waals surface area contributed by atoms with Crippen molar-refractivity contribution in [1.29, 1.82) is 0 Å². The smallest absolute Gasteiger partial charge is 0.494 e. The molecule has 1 aromatic heterocycles. The zero-order chi connectivity index (χ0) is 20.6. The quantitative estimate of drug-likeness (QED) is 0.598. The van der Waals surface area contributed by atoms with E-state index in [0.717, 1.165) is 30.5 Å². The number of benzene rings is 2. The van der Waals surface area contributed by atoms with Gasteiger partial charge < -0.3 is 19.7 Å². The number of nitrogens with zero attached hydrogens (tertiary/aromatic N) is 1. The van der Waals surface area contributed by atoms with Gasteiger partial charge in [-0.3, -0.25) is 0 Å². The molecule has 3 aromatic rings. The molecule has 29 heavy (non-hydrogen) atoms. The maximum absolute atomic E-state index is 12.3. The predicted octanol–water partition coefficient (Wildman–Crippen LogP) is 5.32. The summed E-state index contributed by atoms with van der Waals surface area (Å²) in [7, 11) is 0. The molecule has 2 aromatic carbocycles. The second kappa shape index (κ2) is 7.65. The lowest BCUT2D eigenvalue weighted by Crippen LogP contribution is -2.19. The van der Waals surface area contributed by atoms with Crippen molar-refractivity contribution < 1.29 is 23.0 Å². The summed E-state index contributed by atoms with van der Waals surface area (Å²) in [5.41, 5.74) is 2.95. The maximum Gasteiger partial charge on any atom is 0.573 e. The SMILES string of the molecule is Oc1c2c(Cl)cc(C3=CCNCC3)cc2cn1Cc1ccc(OC(F)(F)F)cc1. The minimum absolute atomic E-state index is 0.0199. The molecular formula is C21H18ClF3N2O2. The lowest BCUT2D eigenvalue weighted by Gasteiger charge is -2.14. The van der Waals surface area contributed by atoms with Crippen LogP contribution in [0.1, 0.15) is 17.5 Å². The Labute approximate surface area is 170 Å². The van der Waals surface area contributed by atoms with E-state index in [-0.39, 0.29) is 18.2 Å². The van der Waals surface area contributed by atoms with E-state index in [2.05, 4.69) is 16.1 Å². The van der Waals surface area contributed by atoms with Gasteiger partial charge in [0.05, 0.1) is 17.0 Å². The molecule has 0 amide bonds. The van der Waals surface area contributed by atoms with E-state index in [9.17, 15) is 18.3 Å². The summed E-state index contributed by atoms with van der Waals surface area (Å²) in [5.74, 6) is -0.266. The third-order valence-electron chi connectivity index (χ3n) is 4.86. The number of halogens is 4. The van der Waals surface area contributed by atoms with Crippen molar-refractivity contribution in [3.8, 4) is 11.6 Å². The first-order valence-corrected chi connectivity index (χ1v) is 9.44. The molecule has 0 fully saturated rings. The normalized spacial score (nSPS) is 14.8. The molecule has 4 nitrogen and oxygen atoms in total. The minimum atomic E-state index is -4.73. The molecule has 4 rings (SSSR count). The van der Waals surface area contributed by atoms with Crippen LogP contribution in [0.5, 0.6) is 11.6 Å². The van der Waals surface area contributed by atoms with Crippen LogP contribution in [0.2, 0.25) is 5.02 Å². The zero-order valence-electron chi connectivity index (χ0n) is 15.3. The number of ether oxygens (including phenoxy) is 1. The molecule has 2 N–H and O–H groups in total.